The lowest BCUT2D eigenvalue weighted by Crippen LogP contribution is -1.97. The van der Waals surface area contributed by atoms with Gasteiger partial charge in [-0.2, -0.15) is 0 Å². The fourth-order valence-electron chi connectivity index (χ4n) is 8.63. The van der Waals surface area contributed by atoms with Crippen LogP contribution in [0.4, 0.5) is 0 Å². The van der Waals surface area contributed by atoms with Gasteiger partial charge < -0.3 is 9.13 Å². The molecule has 0 saturated carbocycles. The van der Waals surface area contributed by atoms with Crippen LogP contribution in [-0.2, 0) is 0 Å². The smallest absolute Gasteiger partial charge is 0.0721 e. The molecule has 56 heavy (non-hydrogen) atoms. The maximum absolute atomic E-state index is 5.43. The molecule has 3 heteroatoms. The van der Waals surface area contributed by atoms with Gasteiger partial charge in [-0.3, -0.25) is 0 Å². The zero-order valence-electron chi connectivity index (χ0n) is 30.5. The molecule has 3 aromatic heterocycles. The maximum Gasteiger partial charge on any atom is 0.0721 e. The molecule has 0 radical (unpaired) electrons. The number of hydrogen-bond acceptors (Lipinski definition) is 1. The Morgan fingerprint density at radius 2 is 0.875 bits per heavy atom. The van der Waals surface area contributed by atoms with Gasteiger partial charge in [0, 0.05) is 44.0 Å². The SMILES string of the molecule is c1ccc(-c2cc(-c3cccc(-n4c5ccccc5c5c4ccc4c6ccccc6n(-c6ccccc6)c45)c3)nc(-c3ccccc3-c3ccccc3)c2)cc1. The van der Waals surface area contributed by atoms with Crippen LogP contribution in [0.15, 0.2) is 212 Å². The van der Waals surface area contributed by atoms with Gasteiger partial charge in [0.25, 0.3) is 0 Å². The van der Waals surface area contributed by atoms with Gasteiger partial charge in [0.2, 0.25) is 0 Å². The van der Waals surface area contributed by atoms with Crippen LogP contribution in [0.2, 0.25) is 0 Å². The molecule has 0 aliphatic heterocycles. The normalized spacial score (nSPS) is 11.6. The zero-order chi connectivity index (χ0) is 37.0. The quantitative estimate of drug-likeness (QED) is 0.168. The van der Waals surface area contributed by atoms with E-state index >= 15 is 0 Å². The Kier molecular flexibility index (Phi) is 7.49. The van der Waals surface area contributed by atoms with Crippen molar-refractivity contribution in [2.75, 3.05) is 0 Å². The first-order chi connectivity index (χ1) is 27.8. The van der Waals surface area contributed by atoms with Crippen molar-refractivity contribution in [2.24, 2.45) is 0 Å². The van der Waals surface area contributed by atoms with Crippen LogP contribution in [0, 0.1) is 0 Å². The molecule has 3 nitrogen and oxygen atoms in total. The highest BCUT2D eigenvalue weighted by Crippen LogP contribution is 2.42. The first kappa shape index (κ1) is 32.0. The predicted molar refractivity (Wildman–Crippen MR) is 235 cm³/mol. The third-order valence-corrected chi connectivity index (χ3v) is 11.1. The Morgan fingerprint density at radius 1 is 0.304 bits per heavy atom. The third kappa shape index (κ3) is 5.17. The van der Waals surface area contributed by atoms with Gasteiger partial charge in [0.15, 0.2) is 0 Å². The van der Waals surface area contributed by atoms with E-state index in [1.54, 1.807) is 0 Å². The Balaban J connectivity index is 1.15. The molecule has 262 valence electrons. The van der Waals surface area contributed by atoms with E-state index in [1.165, 1.54) is 49.2 Å². The number of hydrogen-bond donors (Lipinski definition) is 0. The van der Waals surface area contributed by atoms with Gasteiger partial charge in [-0.1, -0.05) is 158 Å². The van der Waals surface area contributed by atoms with E-state index < -0.39 is 0 Å². The minimum atomic E-state index is 0.929. The number of benzene rings is 8. The molecule has 0 spiro atoms. The van der Waals surface area contributed by atoms with Crippen molar-refractivity contribution in [1.29, 1.82) is 0 Å². The van der Waals surface area contributed by atoms with E-state index in [-0.39, 0.29) is 0 Å². The van der Waals surface area contributed by atoms with Crippen LogP contribution in [0.25, 0.3) is 99.8 Å². The number of fused-ring (bicyclic) bond motifs is 7. The van der Waals surface area contributed by atoms with Gasteiger partial charge >= 0.3 is 0 Å². The molecular formula is C53H35N3. The second kappa shape index (κ2) is 13.1. The number of para-hydroxylation sites is 3. The second-order valence-electron chi connectivity index (χ2n) is 14.4. The fourth-order valence-corrected chi connectivity index (χ4v) is 8.63. The van der Waals surface area contributed by atoms with Crippen LogP contribution >= 0.6 is 0 Å². The molecule has 0 amide bonds. The summed E-state index contributed by atoms with van der Waals surface area (Å²) in [6.07, 6.45) is 0. The molecule has 0 unspecified atom stereocenters. The molecule has 0 aliphatic rings. The van der Waals surface area contributed by atoms with Crippen molar-refractivity contribution in [3.8, 4) is 56.1 Å². The highest BCUT2D eigenvalue weighted by molar-refractivity contribution is 6.26. The van der Waals surface area contributed by atoms with Gasteiger partial charge in [-0.25, -0.2) is 4.98 Å². The molecule has 8 aromatic carbocycles. The number of aromatic nitrogens is 3. The van der Waals surface area contributed by atoms with Gasteiger partial charge in [-0.15, -0.1) is 0 Å². The summed E-state index contributed by atoms with van der Waals surface area (Å²) in [5.74, 6) is 0. The van der Waals surface area contributed by atoms with Gasteiger partial charge in [-0.05, 0) is 76.9 Å². The van der Waals surface area contributed by atoms with Crippen molar-refractivity contribution < 1.29 is 0 Å². The Hall–Kier alpha value is -7.49. The van der Waals surface area contributed by atoms with Crippen molar-refractivity contribution in [3.05, 3.63) is 212 Å². The van der Waals surface area contributed by atoms with E-state index in [4.69, 9.17) is 4.98 Å². The summed E-state index contributed by atoms with van der Waals surface area (Å²) in [7, 11) is 0. The molecule has 11 aromatic rings. The topological polar surface area (TPSA) is 22.8 Å². The van der Waals surface area contributed by atoms with Crippen LogP contribution in [0.5, 0.6) is 0 Å². The highest BCUT2D eigenvalue weighted by atomic mass is 15.0. The summed E-state index contributed by atoms with van der Waals surface area (Å²) in [5.41, 5.74) is 15.7. The van der Waals surface area contributed by atoms with E-state index in [0.29, 0.717) is 0 Å². The number of rotatable bonds is 6. The van der Waals surface area contributed by atoms with E-state index in [0.717, 1.165) is 50.6 Å². The molecule has 0 aliphatic carbocycles. The minimum absolute atomic E-state index is 0.929. The minimum Gasteiger partial charge on any atom is -0.309 e. The number of nitrogens with zero attached hydrogens (tertiary/aromatic N) is 3. The summed E-state index contributed by atoms with van der Waals surface area (Å²) in [4.78, 5) is 5.43. The average Bonchev–Trinajstić information content (AvgIpc) is 3.80. The van der Waals surface area contributed by atoms with Gasteiger partial charge in [0.05, 0.1) is 33.5 Å². The second-order valence-corrected chi connectivity index (χ2v) is 14.4. The number of pyridine rings is 1. The average molecular weight is 714 g/mol. The van der Waals surface area contributed by atoms with E-state index in [9.17, 15) is 0 Å². The molecule has 3 heterocycles. The van der Waals surface area contributed by atoms with Crippen molar-refractivity contribution in [3.63, 3.8) is 0 Å². The van der Waals surface area contributed by atoms with E-state index in [1.807, 2.05) is 0 Å². The Labute approximate surface area is 325 Å². The van der Waals surface area contributed by atoms with Crippen LogP contribution in [0.1, 0.15) is 0 Å². The molecular weight excluding hydrogens is 679 g/mol. The van der Waals surface area contributed by atoms with Crippen LogP contribution in [0.3, 0.4) is 0 Å². The lowest BCUT2D eigenvalue weighted by molar-refractivity contribution is 1.17. The maximum atomic E-state index is 5.43. The first-order valence-electron chi connectivity index (χ1n) is 19.1. The lowest BCUT2D eigenvalue weighted by atomic mass is 9.95. The molecule has 0 bridgehead atoms. The first-order valence-corrected chi connectivity index (χ1v) is 19.1. The zero-order valence-corrected chi connectivity index (χ0v) is 30.5. The third-order valence-electron chi connectivity index (χ3n) is 11.1. The molecule has 0 atom stereocenters. The van der Waals surface area contributed by atoms with Crippen molar-refractivity contribution in [1.82, 2.24) is 14.1 Å². The summed E-state index contributed by atoms with van der Waals surface area (Å²) in [6.45, 7) is 0. The highest BCUT2D eigenvalue weighted by Gasteiger charge is 2.21. The lowest BCUT2D eigenvalue weighted by Gasteiger charge is -2.15. The van der Waals surface area contributed by atoms with Crippen LogP contribution in [-0.4, -0.2) is 14.1 Å². The Morgan fingerprint density at radius 3 is 1.64 bits per heavy atom. The van der Waals surface area contributed by atoms with E-state index in [2.05, 4.69) is 221 Å². The molecule has 0 fully saturated rings. The van der Waals surface area contributed by atoms with Crippen molar-refractivity contribution >= 4 is 43.6 Å². The largest absolute Gasteiger partial charge is 0.309 e. The fraction of sp³-hybridized carbons (Fsp3) is 0. The summed E-state index contributed by atoms with van der Waals surface area (Å²) in [5, 5.41) is 4.97. The summed E-state index contributed by atoms with van der Waals surface area (Å²) in [6, 6.07) is 76.1. The summed E-state index contributed by atoms with van der Waals surface area (Å²) < 4.78 is 4.86. The van der Waals surface area contributed by atoms with Crippen molar-refractivity contribution in [2.45, 2.75) is 0 Å². The molecule has 0 N–H and O–H groups in total. The van der Waals surface area contributed by atoms with Gasteiger partial charge in [0.1, 0.15) is 0 Å². The van der Waals surface area contributed by atoms with Crippen LogP contribution < -0.4 is 0 Å². The summed E-state index contributed by atoms with van der Waals surface area (Å²) >= 11 is 0. The molecule has 11 rings (SSSR count). The Bertz CT molecular complexity index is 3230. The monoisotopic (exact) mass is 713 g/mol. The standard InChI is InChI=1S/C53H35N3/c1-4-17-36(18-5-1)39-34-47(54-48(35-39)43-26-11-10-25-42(43)37-19-6-2-7-20-37)38-21-16-24-41(33-38)55-50-30-15-13-28-46(50)52-51(55)32-31-45-44-27-12-14-29-49(44)56(53(45)52)40-22-8-3-9-23-40/h1-35H. The molecule has 0 saturated heterocycles. The predicted octanol–water partition coefficient (Wildman–Crippen LogP) is 13.9.